The van der Waals surface area contributed by atoms with Crippen LogP contribution in [0.4, 0.5) is 0 Å². The van der Waals surface area contributed by atoms with Crippen molar-refractivity contribution in [2.45, 2.75) is 20.3 Å². The molecular formula is C19H19N3O. The van der Waals surface area contributed by atoms with E-state index < -0.39 is 5.69 Å². The average Bonchev–Trinajstić information content (AvgIpc) is 2.54. The van der Waals surface area contributed by atoms with E-state index in [0.29, 0.717) is 12.1 Å². The van der Waals surface area contributed by atoms with Crippen molar-refractivity contribution in [2.75, 3.05) is 5.84 Å². The van der Waals surface area contributed by atoms with Gasteiger partial charge in [-0.2, -0.15) is 4.98 Å². The van der Waals surface area contributed by atoms with Crippen LogP contribution in [0.1, 0.15) is 22.3 Å². The Morgan fingerprint density at radius 2 is 1.52 bits per heavy atom. The predicted molar refractivity (Wildman–Crippen MR) is 92.8 cm³/mol. The van der Waals surface area contributed by atoms with Crippen molar-refractivity contribution >= 4 is 0 Å². The van der Waals surface area contributed by atoms with Crippen molar-refractivity contribution in [3.8, 4) is 11.3 Å². The highest BCUT2D eigenvalue weighted by molar-refractivity contribution is 5.63. The standard InChI is InChI=1S/C19H19N3O/c1-13-3-7-15(8-4-13)11-17-12-22(20)19(23)21-18(17)16-9-5-14(2)6-10-16/h3-10,12H,11,20H2,1-2H3. The van der Waals surface area contributed by atoms with Crippen molar-refractivity contribution in [1.82, 2.24) is 9.66 Å². The molecule has 23 heavy (non-hydrogen) atoms. The fourth-order valence-corrected chi connectivity index (χ4v) is 2.53. The van der Waals surface area contributed by atoms with Crippen molar-refractivity contribution < 1.29 is 0 Å². The number of rotatable bonds is 3. The van der Waals surface area contributed by atoms with E-state index in [-0.39, 0.29) is 0 Å². The molecule has 0 atom stereocenters. The first kappa shape index (κ1) is 15.0. The molecule has 0 saturated heterocycles. The Morgan fingerprint density at radius 3 is 2.13 bits per heavy atom. The quantitative estimate of drug-likeness (QED) is 0.757. The third-order valence-corrected chi connectivity index (χ3v) is 3.87. The molecule has 4 heteroatoms. The molecule has 0 aliphatic heterocycles. The van der Waals surface area contributed by atoms with Gasteiger partial charge in [-0.15, -0.1) is 0 Å². The number of aryl methyl sites for hydroxylation is 2. The molecule has 4 nitrogen and oxygen atoms in total. The van der Waals surface area contributed by atoms with Crippen LogP contribution in [0, 0.1) is 13.8 Å². The molecular weight excluding hydrogens is 286 g/mol. The van der Waals surface area contributed by atoms with Gasteiger partial charge in [0, 0.05) is 23.7 Å². The largest absolute Gasteiger partial charge is 0.366 e. The molecule has 0 radical (unpaired) electrons. The van der Waals surface area contributed by atoms with E-state index in [2.05, 4.69) is 36.2 Å². The number of nitrogens with zero attached hydrogens (tertiary/aromatic N) is 2. The summed E-state index contributed by atoms with van der Waals surface area (Å²) in [7, 11) is 0. The Balaban J connectivity index is 2.07. The smallest absolute Gasteiger partial charge is 0.335 e. The average molecular weight is 305 g/mol. The second-order valence-corrected chi connectivity index (χ2v) is 5.83. The molecule has 0 spiro atoms. The van der Waals surface area contributed by atoms with Crippen molar-refractivity contribution in [1.29, 1.82) is 0 Å². The minimum absolute atomic E-state index is 0.451. The Bertz CT molecular complexity index is 878. The highest BCUT2D eigenvalue weighted by atomic mass is 16.1. The molecule has 1 heterocycles. The molecule has 0 amide bonds. The summed E-state index contributed by atoms with van der Waals surface area (Å²) in [4.78, 5) is 16.0. The highest BCUT2D eigenvalue weighted by Gasteiger charge is 2.11. The summed E-state index contributed by atoms with van der Waals surface area (Å²) in [6, 6.07) is 16.3. The molecule has 3 aromatic rings. The fourth-order valence-electron chi connectivity index (χ4n) is 2.53. The summed E-state index contributed by atoms with van der Waals surface area (Å²) in [6.07, 6.45) is 2.35. The Hall–Kier alpha value is -2.88. The molecule has 2 aromatic carbocycles. The summed E-state index contributed by atoms with van der Waals surface area (Å²) in [5.41, 5.74) is 5.64. The van der Waals surface area contributed by atoms with Crippen LogP contribution < -0.4 is 11.5 Å². The first-order valence-electron chi connectivity index (χ1n) is 7.53. The number of nitrogens with two attached hydrogens (primary N) is 1. The number of nitrogen functional groups attached to an aromatic ring is 1. The lowest BCUT2D eigenvalue weighted by Crippen LogP contribution is -2.30. The zero-order valence-corrected chi connectivity index (χ0v) is 13.3. The van der Waals surface area contributed by atoms with Crippen LogP contribution >= 0.6 is 0 Å². The summed E-state index contributed by atoms with van der Waals surface area (Å²) in [5.74, 6) is 5.71. The summed E-state index contributed by atoms with van der Waals surface area (Å²) in [6.45, 7) is 4.09. The molecule has 0 aliphatic carbocycles. The fraction of sp³-hybridized carbons (Fsp3) is 0.158. The predicted octanol–water partition coefficient (Wildman–Crippen LogP) is 2.83. The lowest BCUT2D eigenvalue weighted by atomic mass is 9.99. The summed E-state index contributed by atoms with van der Waals surface area (Å²) >= 11 is 0. The van der Waals surface area contributed by atoms with E-state index in [4.69, 9.17) is 5.84 Å². The third kappa shape index (κ3) is 3.31. The van der Waals surface area contributed by atoms with Gasteiger partial charge in [-0.1, -0.05) is 59.7 Å². The number of hydrogen-bond acceptors (Lipinski definition) is 3. The van der Waals surface area contributed by atoms with Gasteiger partial charge in [0.15, 0.2) is 0 Å². The van der Waals surface area contributed by atoms with E-state index in [0.717, 1.165) is 21.4 Å². The van der Waals surface area contributed by atoms with Gasteiger partial charge >= 0.3 is 5.69 Å². The molecule has 1 aromatic heterocycles. The molecule has 0 fully saturated rings. The number of benzene rings is 2. The van der Waals surface area contributed by atoms with Crippen LogP contribution in [0.25, 0.3) is 11.3 Å². The van der Waals surface area contributed by atoms with Crippen LogP contribution in [-0.2, 0) is 6.42 Å². The molecule has 0 saturated carbocycles. The van der Waals surface area contributed by atoms with Gasteiger partial charge in [-0.25, -0.2) is 9.47 Å². The van der Waals surface area contributed by atoms with Crippen molar-refractivity contribution in [2.24, 2.45) is 0 Å². The van der Waals surface area contributed by atoms with Gasteiger partial charge in [0.2, 0.25) is 0 Å². The Morgan fingerprint density at radius 1 is 0.957 bits per heavy atom. The first-order chi connectivity index (χ1) is 11.0. The molecule has 2 N–H and O–H groups in total. The second-order valence-electron chi connectivity index (χ2n) is 5.83. The monoisotopic (exact) mass is 305 g/mol. The van der Waals surface area contributed by atoms with Gasteiger partial charge < -0.3 is 5.84 Å². The van der Waals surface area contributed by atoms with Gasteiger partial charge in [0.1, 0.15) is 0 Å². The normalized spacial score (nSPS) is 10.7. The van der Waals surface area contributed by atoms with Crippen LogP contribution in [0.15, 0.2) is 59.5 Å². The van der Waals surface area contributed by atoms with E-state index in [1.807, 2.05) is 31.2 Å². The lowest BCUT2D eigenvalue weighted by molar-refractivity contribution is 0.854. The van der Waals surface area contributed by atoms with Crippen LogP contribution in [0.5, 0.6) is 0 Å². The van der Waals surface area contributed by atoms with Gasteiger partial charge in [0.05, 0.1) is 5.69 Å². The zero-order chi connectivity index (χ0) is 16.4. The highest BCUT2D eigenvalue weighted by Crippen LogP contribution is 2.23. The lowest BCUT2D eigenvalue weighted by Gasteiger charge is -2.11. The second kappa shape index (κ2) is 6.08. The molecule has 0 aliphatic rings. The number of hydrogen-bond donors (Lipinski definition) is 1. The maximum atomic E-state index is 11.9. The maximum Gasteiger partial charge on any atom is 0.366 e. The van der Waals surface area contributed by atoms with E-state index in [1.54, 1.807) is 6.20 Å². The van der Waals surface area contributed by atoms with E-state index in [9.17, 15) is 4.79 Å². The molecule has 3 rings (SSSR count). The third-order valence-electron chi connectivity index (χ3n) is 3.87. The van der Waals surface area contributed by atoms with Gasteiger partial charge in [0.25, 0.3) is 0 Å². The minimum atomic E-state index is -0.451. The van der Waals surface area contributed by atoms with Crippen molar-refractivity contribution in [3.05, 3.63) is 87.5 Å². The molecule has 0 bridgehead atoms. The SMILES string of the molecule is Cc1ccc(Cc2cn(N)c(=O)nc2-c2ccc(C)cc2)cc1. The van der Waals surface area contributed by atoms with E-state index >= 15 is 0 Å². The maximum absolute atomic E-state index is 11.9. The van der Waals surface area contributed by atoms with Crippen LogP contribution in [-0.4, -0.2) is 9.66 Å². The van der Waals surface area contributed by atoms with Crippen LogP contribution in [0.3, 0.4) is 0 Å². The van der Waals surface area contributed by atoms with Gasteiger partial charge in [-0.05, 0) is 19.4 Å². The summed E-state index contributed by atoms with van der Waals surface area (Å²) in [5, 5.41) is 0. The van der Waals surface area contributed by atoms with Gasteiger partial charge in [-0.3, -0.25) is 0 Å². The topological polar surface area (TPSA) is 60.9 Å². The Kier molecular flexibility index (Phi) is 3.98. The van der Waals surface area contributed by atoms with Crippen LogP contribution in [0.2, 0.25) is 0 Å². The number of aromatic nitrogens is 2. The molecule has 116 valence electrons. The van der Waals surface area contributed by atoms with E-state index in [1.165, 1.54) is 11.1 Å². The zero-order valence-electron chi connectivity index (χ0n) is 13.3. The molecule has 0 unspecified atom stereocenters. The van der Waals surface area contributed by atoms with Crippen molar-refractivity contribution in [3.63, 3.8) is 0 Å². The first-order valence-corrected chi connectivity index (χ1v) is 7.53. The minimum Gasteiger partial charge on any atom is -0.335 e. The summed E-state index contributed by atoms with van der Waals surface area (Å²) < 4.78 is 1.04. The Labute approximate surface area is 135 Å².